The van der Waals surface area contributed by atoms with Crippen molar-refractivity contribution < 1.29 is 9.47 Å². The lowest BCUT2D eigenvalue weighted by molar-refractivity contribution is 0.0712. The molecule has 1 aliphatic rings. The molecule has 0 aromatic carbocycles. The molecule has 1 fully saturated rings. The Labute approximate surface area is 114 Å². The van der Waals surface area contributed by atoms with Crippen molar-refractivity contribution in [3.8, 4) is 5.88 Å². The Bertz CT molecular complexity index is 363. The Morgan fingerprint density at radius 1 is 1.58 bits per heavy atom. The molecule has 2 rings (SSSR count). The van der Waals surface area contributed by atoms with E-state index in [9.17, 15) is 0 Å². The molecule has 1 aliphatic heterocycles. The van der Waals surface area contributed by atoms with Crippen LogP contribution in [0.1, 0.15) is 18.9 Å². The van der Waals surface area contributed by atoms with Crippen LogP contribution in [0.3, 0.4) is 0 Å². The summed E-state index contributed by atoms with van der Waals surface area (Å²) in [7, 11) is 1.63. The van der Waals surface area contributed by atoms with Crippen LogP contribution < -0.4 is 15.4 Å². The molecule has 1 aromatic rings. The number of hydrogen-bond acceptors (Lipinski definition) is 5. The smallest absolute Gasteiger partial charge is 0.212 e. The Kier molecular flexibility index (Phi) is 5.57. The van der Waals surface area contributed by atoms with Gasteiger partial charge < -0.3 is 20.1 Å². The Balaban J connectivity index is 1.71. The number of methoxy groups -OCH3 is 1. The monoisotopic (exact) mass is 265 g/mol. The number of rotatable bonds is 6. The molecule has 0 radical (unpaired) electrons. The van der Waals surface area contributed by atoms with Gasteiger partial charge in [-0.05, 0) is 18.9 Å². The van der Waals surface area contributed by atoms with Gasteiger partial charge in [-0.15, -0.1) is 0 Å². The molecule has 5 nitrogen and oxygen atoms in total. The van der Waals surface area contributed by atoms with E-state index in [2.05, 4.69) is 22.5 Å². The molecule has 2 unspecified atom stereocenters. The van der Waals surface area contributed by atoms with Gasteiger partial charge in [-0.25, -0.2) is 4.98 Å². The summed E-state index contributed by atoms with van der Waals surface area (Å²) in [5, 5.41) is 6.98. The van der Waals surface area contributed by atoms with Gasteiger partial charge in [0.1, 0.15) is 0 Å². The number of pyridine rings is 1. The fourth-order valence-electron chi connectivity index (χ4n) is 2.21. The van der Waals surface area contributed by atoms with Crippen LogP contribution in [0.5, 0.6) is 5.88 Å². The van der Waals surface area contributed by atoms with E-state index in [1.165, 1.54) is 5.56 Å². The third kappa shape index (κ3) is 4.78. The summed E-state index contributed by atoms with van der Waals surface area (Å²) in [5.74, 6) is 0.653. The van der Waals surface area contributed by atoms with Gasteiger partial charge in [0.05, 0.1) is 20.3 Å². The van der Waals surface area contributed by atoms with E-state index in [1.54, 1.807) is 7.11 Å². The van der Waals surface area contributed by atoms with E-state index in [0.29, 0.717) is 18.0 Å². The zero-order chi connectivity index (χ0) is 13.5. The van der Waals surface area contributed by atoms with E-state index in [0.717, 1.165) is 32.7 Å². The summed E-state index contributed by atoms with van der Waals surface area (Å²) in [6.07, 6.45) is 2.92. The van der Waals surface area contributed by atoms with E-state index < -0.39 is 0 Å². The van der Waals surface area contributed by atoms with Crippen molar-refractivity contribution >= 4 is 0 Å². The van der Waals surface area contributed by atoms with E-state index in [4.69, 9.17) is 9.47 Å². The molecule has 0 amide bonds. The molecule has 2 N–H and O–H groups in total. The number of hydrogen-bond donors (Lipinski definition) is 2. The average molecular weight is 265 g/mol. The summed E-state index contributed by atoms with van der Waals surface area (Å²) in [4.78, 5) is 4.20. The van der Waals surface area contributed by atoms with Gasteiger partial charge in [0.15, 0.2) is 0 Å². The van der Waals surface area contributed by atoms with Crippen LogP contribution >= 0.6 is 0 Å². The summed E-state index contributed by atoms with van der Waals surface area (Å²) in [5.41, 5.74) is 1.17. The first-order valence-electron chi connectivity index (χ1n) is 6.81. The first kappa shape index (κ1) is 14.2. The second-order valence-corrected chi connectivity index (χ2v) is 4.95. The lowest BCUT2D eigenvalue weighted by Gasteiger charge is -2.26. The van der Waals surface area contributed by atoms with Gasteiger partial charge in [0.25, 0.3) is 0 Å². The molecule has 5 heteroatoms. The predicted octanol–water partition coefficient (Wildman–Crippen LogP) is 0.947. The topological polar surface area (TPSA) is 55.4 Å². The molecule has 106 valence electrons. The van der Waals surface area contributed by atoms with Crippen LogP contribution in [0, 0.1) is 0 Å². The number of nitrogens with zero attached hydrogens (tertiary/aromatic N) is 1. The zero-order valence-corrected chi connectivity index (χ0v) is 11.7. The maximum absolute atomic E-state index is 5.46. The fourth-order valence-corrected chi connectivity index (χ4v) is 2.21. The van der Waals surface area contributed by atoms with Gasteiger partial charge in [0, 0.05) is 37.4 Å². The van der Waals surface area contributed by atoms with Gasteiger partial charge in [-0.2, -0.15) is 0 Å². The fraction of sp³-hybridized carbons (Fsp3) is 0.643. The summed E-state index contributed by atoms with van der Waals surface area (Å²) >= 11 is 0. The molecule has 2 atom stereocenters. The van der Waals surface area contributed by atoms with Crippen LogP contribution in [0.15, 0.2) is 18.3 Å². The van der Waals surface area contributed by atoms with Crippen LogP contribution in [0.25, 0.3) is 0 Å². The third-order valence-electron chi connectivity index (χ3n) is 3.30. The lowest BCUT2D eigenvalue weighted by Crippen LogP contribution is -2.44. The molecular formula is C14H23N3O2. The minimum absolute atomic E-state index is 0.446. The maximum atomic E-state index is 5.46. The standard InChI is InChI=1S/C14H23N3O2/c1-11(7-13-10-19-6-5-15-13)16-8-12-3-4-14(18-2)17-9-12/h3-4,9,11,13,15-16H,5-8,10H2,1-2H3. The molecule has 1 saturated heterocycles. The molecule has 1 aromatic heterocycles. The molecule has 0 bridgehead atoms. The highest BCUT2D eigenvalue weighted by molar-refractivity contribution is 5.17. The average Bonchev–Trinajstić information content (AvgIpc) is 2.47. The zero-order valence-electron chi connectivity index (χ0n) is 11.7. The van der Waals surface area contributed by atoms with Crippen molar-refractivity contribution in [1.29, 1.82) is 0 Å². The van der Waals surface area contributed by atoms with Crippen LogP contribution in [-0.4, -0.2) is 43.9 Å². The Hall–Kier alpha value is -1.17. The predicted molar refractivity (Wildman–Crippen MR) is 74.3 cm³/mol. The first-order valence-corrected chi connectivity index (χ1v) is 6.81. The number of ether oxygens (including phenoxy) is 2. The quantitative estimate of drug-likeness (QED) is 0.802. The SMILES string of the molecule is COc1ccc(CNC(C)CC2COCCN2)cn1. The summed E-state index contributed by atoms with van der Waals surface area (Å²) in [6.45, 7) is 5.63. The van der Waals surface area contributed by atoms with Gasteiger partial charge in [0.2, 0.25) is 5.88 Å². The minimum Gasteiger partial charge on any atom is -0.481 e. The maximum Gasteiger partial charge on any atom is 0.212 e. The number of nitrogens with one attached hydrogen (secondary N) is 2. The highest BCUT2D eigenvalue weighted by Crippen LogP contribution is 2.08. The van der Waals surface area contributed by atoms with E-state index in [1.807, 2.05) is 18.3 Å². The normalized spacial score (nSPS) is 21.1. The Morgan fingerprint density at radius 3 is 3.11 bits per heavy atom. The molecule has 0 saturated carbocycles. The van der Waals surface area contributed by atoms with Crippen LogP contribution in [0.4, 0.5) is 0 Å². The second-order valence-electron chi connectivity index (χ2n) is 4.95. The highest BCUT2D eigenvalue weighted by Gasteiger charge is 2.15. The van der Waals surface area contributed by atoms with Crippen molar-refractivity contribution in [3.05, 3.63) is 23.9 Å². The molecule has 19 heavy (non-hydrogen) atoms. The molecule has 2 heterocycles. The summed E-state index contributed by atoms with van der Waals surface area (Å²) in [6, 6.07) is 4.83. The molecular weight excluding hydrogens is 242 g/mol. The van der Waals surface area contributed by atoms with Crippen LogP contribution in [0.2, 0.25) is 0 Å². The van der Waals surface area contributed by atoms with E-state index in [-0.39, 0.29) is 0 Å². The Morgan fingerprint density at radius 2 is 2.47 bits per heavy atom. The minimum atomic E-state index is 0.446. The summed E-state index contributed by atoms with van der Waals surface area (Å²) < 4.78 is 10.5. The van der Waals surface area contributed by atoms with Gasteiger partial charge in [-0.1, -0.05) is 6.07 Å². The largest absolute Gasteiger partial charge is 0.481 e. The molecule has 0 aliphatic carbocycles. The number of aromatic nitrogens is 1. The van der Waals surface area contributed by atoms with Crippen LogP contribution in [-0.2, 0) is 11.3 Å². The van der Waals surface area contributed by atoms with E-state index >= 15 is 0 Å². The van der Waals surface area contributed by atoms with Crippen molar-refractivity contribution in [2.75, 3.05) is 26.9 Å². The van der Waals surface area contributed by atoms with Gasteiger partial charge >= 0.3 is 0 Å². The number of morpholine rings is 1. The van der Waals surface area contributed by atoms with Crippen molar-refractivity contribution in [2.45, 2.75) is 32.0 Å². The first-order chi connectivity index (χ1) is 9.28. The molecule has 0 spiro atoms. The van der Waals surface area contributed by atoms with Gasteiger partial charge in [-0.3, -0.25) is 0 Å². The second kappa shape index (κ2) is 7.43. The third-order valence-corrected chi connectivity index (χ3v) is 3.30. The highest BCUT2D eigenvalue weighted by atomic mass is 16.5. The van der Waals surface area contributed by atoms with Crippen molar-refractivity contribution in [2.24, 2.45) is 0 Å². The van der Waals surface area contributed by atoms with Crippen molar-refractivity contribution in [3.63, 3.8) is 0 Å². The lowest BCUT2D eigenvalue weighted by atomic mass is 10.1. The van der Waals surface area contributed by atoms with Crippen molar-refractivity contribution in [1.82, 2.24) is 15.6 Å².